The van der Waals surface area contributed by atoms with Crippen LogP contribution in [-0.2, 0) is 15.7 Å². The fourth-order valence-corrected chi connectivity index (χ4v) is 4.99. The van der Waals surface area contributed by atoms with Gasteiger partial charge in [0.25, 0.3) is 0 Å². The monoisotopic (exact) mass is 586 g/mol. The van der Waals surface area contributed by atoms with Gasteiger partial charge in [-0.1, -0.05) is 12.1 Å². The maximum Gasteiger partial charge on any atom is 0.222 e. The molecule has 0 spiro atoms. The van der Waals surface area contributed by atoms with Gasteiger partial charge in [-0.25, -0.2) is 18.4 Å². The average molecular weight is 587 g/mol. The maximum atomic E-state index is 12.2. The van der Waals surface area contributed by atoms with E-state index >= 15 is 0 Å². The van der Waals surface area contributed by atoms with Crippen molar-refractivity contribution in [1.82, 2.24) is 14.9 Å². The van der Waals surface area contributed by atoms with Crippen molar-refractivity contribution in [1.29, 1.82) is 0 Å². The molecule has 2 N–H and O–H groups in total. The summed E-state index contributed by atoms with van der Waals surface area (Å²) in [5, 5.41) is 12.2. The number of anilines is 3. The van der Waals surface area contributed by atoms with Crippen molar-refractivity contribution in [3.05, 3.63) is 78.1 Å². The molecule has 1 aromatic heterocycles. The highest BCUT2D eigenvalue weighted by Crippen LogP contribution is 2.33. The third-order valence-corrected chi connectivity index (χ3v) is 7.04. The van der Waals surface area contributed by atoms with Gasteiger partial charge in [0.05, 0.1) is 18.5 Å². The number of carbonyl (C=O) groups excluding carboxylic acids is 1. The number of hydrogen-bond donors (Lipinski definition) is 3. The Morgan fingerprint density at radius 1 is 1.05 bits per heavy atom. The highest BCUT2D eigenvalue weighted by molar-refractivity contribution is 7.73. The number of ether oxygens (including phenoxy) is 1. The highest BCUT2D eigenvalue weighted by Gasteiger charge is 2.31. The van der Waals surface area contributed by atoms with E-state index in [1.165, 1.54) is 11.7 Å². The molecular formula is C29H30N8O4S. The molecule has 5 rings (SSSR count). The number of aromatic nitrogens is 3. The first-order valence-electron chi connectivity index (χ1n) is 13.3. The molecule has 0 saturated heterocycles. The van der Waals surface area contributed by atoms with Gasteiger partial charge in [0.1, 0.15) is 17.2 Å². The molecule has 1 amide bonds. The minimum absolute atomic E-state index is 0.219. The molecule has 0 aliphatic carbocycles. The number of benzene rings is 3. The third kappa shape index (κ3) is 5.86. The lowest BCUT2D eigenvalue weighted by molar-refractivity contribution is -0.114. The van der Waals surface area contributed by atoms with E-state index in [9.17, 15) is 13.2 Å². The standard InChI is InChI=1S/C29H30N8O4S/c1-5-36(6-2)21-15-16-23(24(17-21)30-18(3)38)31-27-26(22-9-7-8-10-25(22)41-4)33-37-29(27)32-28(34-37)19-11-13-20(14-12-19)35-42(39)40/h7-17,42H,5-6H2,1-4H3,(H,30,38)(H,35,39,40)/b31-27-. The molecule has 13 heteroatoms. The van der Waals surface area contributed by atoms with E-state index < -0.39 is 10.9 Å². The molecule has 216 valence electrons. The topological polar surface area (TPSA) is 143 Å². The number of nitrogens with zero attached hydrogens (tertiary/aromatic N) is 6. The predicted molar refractivity (Wildman–Crippen MR) is 165 cm³/mol. The van der Waals surface area contributed by atoms with Gasteiger partial charge < -0.3 is 15.0 Å². The number of para-hydroxylation sites is 1. The lowest BCUT2D eigenvalue weighted by Gasteiger charge is -2.22. The van der Waals surface area contributed by atoms with Crippen LogP contribution in [0.1, 0.15) is 32.2 Å². The van der Waals surface area contributed by atoms with Crippen LogP contribution in [0.15, 0.2) is 76.8 Å². The Morgan fingerprint density at radius 3 is 2.45 bits per heavy atom. The summed E-state index contributed by atoms with van der Waals surface area (Å²) in [6.45, 7) is 7.23. The van der Waals surface area contributed by atoms with Crippen molar-refractivity contribution >= 4 is 51.0 Å². The Morgan fingerprint density at radius 2 is 1.79 bits per heavy atom. The number of thiol groups is 1. The molecule has 3 aromatic carbocycles. The number of hydrogen-bond acceptors (Lipinski definition) is 9. The van der Waals surface area contributed by atoms with Gasteiger partial charge in [-0.15, -0.1) is 15.0 Å². The van der Waals surface area contributed by atoms with Crippen LogP contribution < -0.4 is 19.7 Å². The first kappa shape index (κ1) is 28.5. The first-order chi connectivity index (χ1) is 20.3. The minimum atomic E-state index is -2.77. The number of carbonyl (C=O) groups is 1. The fourth-order valence-electron chi connectivity index (χ4n) is 4.63. The zero-order valence-corrected chi connectivity index (χ0v) is 24.4. The molecule has 0 fully saturated rings. The molecule has 4 aromatic rings. The Balaban J connectivity index is 1.64. The molecule has 2 heterocycles. The number of nitrogens with one attached hydrogen (secondary N) is 2. The van der Waals surface area contributed by atoms with Crippen molar-refractivity contribution < 1.29 is 17.9 Å². The van der Waals surface area contributed by atoms with E-state index in [1.54, 1.807) is 31.4 Å². The highest BCUT2D eigenvalue weighted by atomic mass is 32.2. The summed E-state index contributed by atoms with van der Waals surface area (Å²) in [6.07, 6.45) is 0. The van der Waals surface area contributed by atoms with Crippen LogP contribution in [0.2, 0.25) is 0 Å². The van der Waals surface area contributed by atoms with Crippen LogP contribution >= 0.6 is 0 Å². The van der Waals surface area contributed by atoms with E-state index in [1.807, 2.05) is 42.5 Å². The maximum absolute atomic E-state index is 12.2. The molecule has 0 saturated carbocycles. The summed E-state index contributed by atoms with van der Waals surface area (Å²) in [7, 11) is -1.19. The average Bonchev–Trinajstić information content (AvgIpc) is 3.53. The van der Waals surface area contributed by atoms with Gasteiger partial charge in [-0.3, -0.25) is 9.52 Å². The molecule has 0 atom stereocenters. The molecular weight excluding hydrogens is 556 g/mol. The molecule has 1 aliphatic heterocycles. The normalized spacial score (nSPS) is 13.2. The largest absolute Gasteiger partial charge is 0.496 e. The van der Waals surface area contributed by atoms with Gasteiger partial charge in [-0.2, -0.15) is 0 Å². The van der Waals surface area contributed by atoms with Crippen molar-refractivity contribution in [2.75, 3.05) is 35.1 Å². The second-order valence-electron chi connectivity index (χ2n) is 9.26. The van der Waals surface area contributed by atoms with Crippen LogP contribution in [-0.4, -0.2) is 60.8 Å². The van der Waals surface area contributed by atoms with E-state index in [4.69, 9.17) is 19.8 Å². The lowest BCUT2D eigenvalue weighted by atomic mass is 10.0. The minimum Gasteiger partial charge on any atom is -0.496 e. The number of amides is 1. The summed E-state index contributed by atoms with van der Waals surface area (Å²) in [5.41, 5.74) is 4.80. The van der Waals surface area contributed by atoms with Crippen molar-refractivity contribution in [3.8, 4) is 17.1 Å². The molecule has 42 heavy (non-hydrogen) atoms. The van der Waals surface area contributed by atoms with Crippen LogP contribution in [0.3, 0.4) is 0 Å². The number of rotatable bonds is 10. The van der Waals surface area contributed by atoms with Gasteiger partial charge in [-0.05, 0) is 68.4 Å². The number of fused-ring (bicyclic) bond motifs is 1. The second-order valence-corrected chi connectivity index (χ2v) is 10.00. The summed E-state index contributed by atoms with van der Waals surface area (Å²) < 4.78 is 30.0. The predicted octanol–water partition coefficient (Wildman–Crippen LogP) is 4.08. The number of methoxy groups -OCH3 is 1. The molecule has 0 radical (unpaired) electrons. The third-order valence-electron chi connectivity index (χ3n) is 6.60. The Labute approximate surface area is 244 Å². The fraction of sp³-hybridized carbons (Fsp3) is 0.207. The molecule has 1 aliphatic rings. The molecule has 12 nitrogen and oxygen atoms in total. The first-order valence-corrected chi connectivity index (χ1v) is 14.5. The lowest BCUT2D eigenvalue weighted by Crippen LogP contribution is -2.22. The van der Waals surface area contributed by atoms with Crippen LogP contribution in [0, 0.1) is 0 Å². The smallest absolute Gasteiger partial charge is 0.222 e. The van der Waals surface area contributed by atoms with E-state index in [-0.39, 0.29) is 5.91 Å². The quantitative estimate of drug-likeness (QED) is 0.238. The molecule has 0 bridgehead atoms. The summed E-state index contributed by atoms with van der Waals surface area (Å²) in [6, 6.07) is 19.9. The molecule has 0 unspecified atom stereocenters. The van der Waals surface area contributed by atoms with Crippen molar-refractivity contribution in [2.24, 2.45) is 10.1 Å². The second kappa shape index (κ2) is 12.2. The van der Waals surface area contributed by atoms with Gasteiger partial charge >= 0.3 is 0 Å². The van der Waals surface area contributed by atoms with E-state index in [0.29, 0.717) is 57.0 Å². The van der Waals surface area contributed by atoms with Crippen LogP contribution in [0.4, 0.5) is 22.7 Å². The van der Waals surface area contributed by atoms with Crippen LogP contribution in [0.5, 0.6) is 5.75 Å². The van der Waals surface area contributed by atoms with Gasteiger partial charge in [0, 0.05) is 42.5 Å². The Bertz CT molecular complexity index is 1760. The Hall–Kier alpha value is -5.04. The van der Waals surface area contributed by atoms with E-state index in [0.717, 1.165) is 18.8 Å². The van der Waals surface area contributed by atoms with Crippen molar-refractivity contribution in [3.63, 3.8) is 0 Å². The summed E-state index contributed by atoms with van der Waals surface area (Å²) in [5.74, 6) is 1.17. The van der Waals surface area contributed by atoms with Gasteiger partial charge in [0.2, 0.25) is 22.6 Å². The van der Waals surface area contributed by atoms with Gasteiger partial charge in [0.15, 0.2) is 5.82 Å². The van der Waals surface area contributed by atoms with Crippen molar-refractivity contribution in [2.45, 2.75) is 20.8 Å². The zero-order valence-electron chi connectivity index (χ0n) is 23.5. The zero-order chi connectivity index (χ0) is 29.8. The Kier molecular flexibility index (Phi) is 8.29. The van der Waals surface area contributed by atoms with Crippen LogP contribution in [0.25, 0.3) is 11.4 Å². The number of aliphatic imine (C=N–C) groups is 1. The summed E-state index contributed by atoms with van der Waals surface area (Å²) in [4.78, 5) is 25.5. The van der Waals surface area contributed by atoms with E-state index in [2.05, 4.69) is 33.9 Å². The summed E-state index contributed by atoms with van der Waals surface area (Å²) >= 11 is 0. The SMILES string of the molecule is CCN(CC)c1ccc(/N=C2/C(c3ccccc3OC)=Nn3nc(-c4ccc(N[SH](=O)=O)cc4)nc32)c(NC(C)=O)c1.